The topological polar surface area (TPSA) is 66.9 Å². The number of rotatable bonds is 8. The molecule has 0 saturated heterocycles. The van der Waals surface area contributed by atoms with Crippen molar-refractivity contribution in [1.29, 1.82) is 0 Å². The summed E-state index contributed by atoms with van der Waals surface area (Å²) in [5, 5.41) is 15.6. The molecule has 1 saturated carbocycles. The standard InChI is InChI=1S/C12H20N4OS/c1-2-3-4-11-15-16-12(18-11)14-10(17)8-13-7-9-5-6-9/h9,13H,2-8H2,1H3,(H,14,16,17). The molecule has 1 aromatic rings. The van der Waals surface area contributed by atoms with Crippen LogP contribution in [0.2, 0.25) is 0 Å². The SMILES string of the molecule is CCCCc1nnc(NC(=O)CNCC2CC2)s1. The van der Waals surface area contributed by atoms with E-state index < -0.39 is 0 Å². The molecular weight excluding hydrogens is 248 g/mol. The molecule has 1 heterocycles. The van der Waals surface area contributed by atoms with E-state index in [1.165, 1.54) is 24.2 Å². The number of unbranched alkanes of at least 4 members (excludes halogenated alkanes) is 1. The van der Waals surface area contributed by atoms with Crippen molar-refractivity contribution in [2.24, 2.45) is 5.92 Å². The second-order valence-electron chi connectivity index (χ2n) is 4.73. The van der Waals surface area contributed by atoms with Crippen molar-refractivity contribution in [2.75, 3.05) is 18.4 Å². The summed E-state index contributed by atoms with van der Waals surface area (Å²) >= 11 is 1.47. The highest BCUT2D eigenvalue weighted by atomic mass is 32.1. The number of amides is 1. The summed E-state index contributed by atoms with van der Waals surface area (Å²) in [4.78, 5) is 11.6. The van der Waals surface area contributed by atoms with Crippen molar-refractivity contribution in [3.63, 3.8) is 0 Å². The van der Waals surface area contributed by atoms with Gasteiger partial charge in [-0.05, 0) is 31.7 Å². The molecule has 1 fully saturated rings. The molecule has 1 aromatic heterocycles. The average molecular weight is 268 g/mol. The Balaban J connectivity index is 1.66. The lowest BCUT2D eigenvalue weighted by Crippen LogP contribution is -2.29. The number of aryl methyl sites for hydroxylation is 1. The smallest absolute Gasteiger partial charge is 0.240 e. The van der Waals surface area contributed by atoms with E-state index >= 15 is 0 Å². The van der Waals surface area contributed by atoms with Gasteiger partial charge in [0.25, 0.3) is 0 Å². The first-order chi connectivity index (χ1) is 8.78. The van der Waals surface area contributed by atoms with E-state index in [1.807, 2.05) is 0 Å². The van der Waals surface area contributed by atoms with Crippen LogP contribution in [0.5, 0.6) is 0 Å². The minimum atomic E-state index is -0.0335. The summed E-state index contributed by atoms with van der Waals surface area (Å²) in [7, 11) is 0. The van der Waals surface area contributed by atoms with Crippen LogP contribution in [0.4, 0.5) is 5.13 Å². The molecule has 0 unspecified atom stereocenters. The number of carbonyl (C=O) groups is 1. The zero-order valence-electron chi connectivity index (χ0n) is 10.7. The minimum Gasteiger partial charge on any atom is -0.308 e. The van der Waals surface area contributed by atoms with Crippen molar-refractivity contribution in [3.8, 4) is 0 Å². The molecule has 5 nitrogen and oxygen atoms in total. The average Bonchev–Trinajstić information content (AvgIpc) is 3.06. The van der Waals surface area contributed by atoms with Crippen LogP contribution < -0.4 is 10.6 Å². The number of nitrogens with one attached hydrogen (secondary N) is 2. The summed E-state index contributed by atoms with van der Waals surface area (Å²) in [6.45, 7) is 3.46. The van der Waals surface area contributed by atoms with Gasteiger partial charge < -0.3 is 5.32 Å². The molecule has 0 aromatic carbocycles. The van der Waals surface area contributed by atoms with Gasteiger partial charge in [-0.1, -0.05) is 24.7 Å². The van der Waals surface area contributed by atoms with Crippen LogP contribution in [0.3, 0.4) is 0 Å². The van der Waals surface area contributed by atoms with Crippen LogP contribution in [0, 0.1) is 5.92 Å². The van der Waals surface area contributed by atoms with Gasteiger partial charge in [-0.3, -0.25) is 10.1 Å². The fourth-order valence-corrected chi connectivity index (χ4v) is 2.41. The Morgan fingerprint density at radius 2 is 2.28 bits per heavy atom. The van der Waals surface area contributed by atoms with E-state index in [2.05, 4.69) is 27.8 Å². The maximum atomic E-state index is 11.6. The largest absolute Gasteiger partial charge is 0.308 e. The molecule has 2 N–H and O–H groups in total. The maximum absolute atomic E-state index is 11.6. The van der Waals surface area contributed by atoms with Gasteiger partial charge in [-0.15, -0.1) is 10.2 Å². The summed E-state index contributed by atoms with van der Waals surface area (Å²) in [5.74, 6) is 0.758. The number of nitrogens with zero attached hydrogens (tertiary/aromatic N) is 2. The zero-order valence-corrected chi connectivity index (χ0v) is 11.6. The summed E-state index contributed by atoms with van der Waals surface area (Å²) in [5.41, 5.74) is 0. The summed E-state index contributed by atoms with van der Waals surface area (Å²) in [6, 6.07) is 0. The Hall–Kier alpha value is -1.01. The van der Waals surface area contributed by atoms with Crippen molar-refractivity contribution in [2.45, 2.75) is 39.0 Å². The van der Waals surface area contributed by atoms with E-state index in [9.17, 15) is 4.79 Å². The van der Waals surface area contributed by atoms with E-state index in [0.29, 0.717) is 11.7 Å². The highest BCUT2D eigenvalue weighted by Crippen LogP contribution is 2.27. The lowest BCUT2D eigenvalue weighted by atomic mass is 10.3. The predicted molar refractivity (Wildman–Crippen MR) is 72.7 cm³/mol. The van der Waals surface area contributed by atoms with Crippen molar-refractivity contribution in [3.05, 3.63) is 5.01 Å². The van der Waals surface area contributed by atoms with Crippen LogP contribution >= 0.6 is 11.3 Å². The van der Waals surface area contributed by atoms with Gasteiger partial charge in [-0.25, -0.2) is 0 Å². The van der Waals surface area contributed by atoms with Crippen LogP contribution in [0.15, 0.2) is 0 Å². The first kappa shape index (κ1) is 13.4. The van der Waals surface area contributed by atoms with Gasteiger partial charge in [0.15, 0.2) is 0 Å². The molecular formula is C12H20N4OS. The van der Waals surface area contributed by atoms with E-state index in [-0.39, 0.29) is 5.91 Å². The zero-order chi connectivity index (χ0) is 12.8. The number of hydrogen-bond acceptors (Lipinski definition) is 5. The van der Waals surface area contributed by atoms with E-state index in [4.69, 9.17) is 0 Å². The Morgan fingerprint density at radius 1 is 1.44 bits per heavy atom. The molecule has 1 amide bonds. The first-order valence-electron chi connectivity index (χ1n) is 6.61. The molecule has 0 aliphatic heterocycles. The fraction of sp³-hybridized carbons (Fsp3) is 0.750. The van der Waals surface area contributed by atoms with Crippen LogP contribution in [0.1, 0.15) is 37.6 Å². The third-order valence-corrected chi connectivity index (χ3v) is 3.77. The Kier molecular flexibility index (Phi) is 5.07. The van der Waals surface area contributed by atoms with Crippen LogP contribution in [-0.2, 0) is 11.2 Å². The minimum absolute atomic E-state index is 0.0335. The highest BCUT2D eigenvalue weighted by Gasteiger charge is 2.20. The number of hydrogen-bond donors (Lipinski definition) is 2. The summed E-state index contributed by atoms with van der Waals surface area (Å²) in [6.07, 6.45) is 5.81. The summed E-state index contributed by atoms with van der Waals surface area (Å²) < 4.78 is 0. The van der Waals surface area contributed by atoms with Gasteiger partial charge in [0.05, 0.1) is 6.54 Å². The van der Waals surface area contributed by atoms with Crippen molar-refractivity contribution >= 4 is 22.4 Å². The Labute approximate surface area is 111 Å². The molecule has 1 aliphatic rings. The van der Waals surface area contributed by atoms with Gasteiger partial charge >= 0.3 is 0 Å². The normalized spacial score (nSPS) is 14.7. The van der Waals surface area contributed by atoms with E-state index in [0.717, 1.165) is 36.7 Å². The van der Waals surface area contributed by atoms with Gasteiger partial charge in [0.2, 0.25) is 11.0 Å². The third-order valence-electron chi connectivity index (χ3n) is 2.87. The van der Waals surface area contributed by atoms with E-state index in [1.54, 1.807) is 0 Å². The molecule has 0 radical (unpaired) electrons. The number of aromatic nitrogens is 2. The Morgan fingerprint density at radius 3 is 3.00 bits per heavy atom. The molecule has 1 aliphatic carbocycles. The van der Waals surface area contributed by atoms with Crippen LogP contribution in [0.25, 0.3) is 0 Å². The molecule has 0 bridgehead atoms. The maximum Gasteiger partial charge on any atom is 0.240 e. The fourth-order valence-electron chi connectivity index (χ4n) is 1.61. The van der Waals surface area contributed by atoms with Gasteiger partial charge in [-0.2, -0.15) is 0 Å². The quantitative estimate of drug-likeness (QED) is 0.754. The van der Waals surface area contributed by atoms with Crippen molar-refractivity contribution in [1.82, 2.24) is 15.5 Å². The molecule has 6 heteroatoms. The first-order valence-corrected chi connectivity index (χ1v) is 7.42. The van der Waals surface area contributed by atoms with Crippen LogP contribution in [-0.4, -0.2) is 29.2 Å². The molecule has 18 heavy (non-hydrogen) atoms. The lowest BCUT2D eigenvalue weighted by Gasteiger charge is -2.02. The second-order valence-corrected chi connectivity index (χ2v) is 5.79. The molecule has 0 spiro atoms. The highest BCUT2D eigenvalue weighted by molar-refractivity contribution is 7.15. The lowest BCUT2D eigenvalue weighted by molar-refractivity contribution is -0.115. The molecule has 2 rings (SSSR count). The second kappa shape index (κ2) is 6.80. The Bertz CT molecular complexity index is 389. The number of anilines is 1. The molecule has 0 atom stereocenters. The van der Waals surface area contributed by atoms with Gasteiger partial charge in [0, 0.05) is 6.42 Å². The third kappa shape index (κ3) is 4.70. The predicted octanol–water partition coefficient (Wildman–Crippen LogP) is 1.82. The number of carbonyl (C=O) groups excluding carboxylic acids is 1. The monoisotopic (exact) mass is 268 g/mol. The molecule has 100 valence electrons. The van der Waals surface area contributed by atoms with Crippen molar-refractivity contribution < 1.29 is 4.79 Å². The van der Waals surface area contributed by atoms with Gasteiger partial charge in [0.1, 0.15) is 5.01 Å².